The van der Waals surface area contributed by atoms with E-state index in [2.05, 4.69) is 25.8 Å². The van der Waals surface area contributed by atoms with Crippen LogP contribution in [-0.4, -0.2) is 70.8 Å². The van der Waals surface area contributed by atoms with Crippen LogP contribution in [0.5, 0.6) is 5.88 Å². The average Bonchev–Trinajstić information content (AvgIpc) is 3.27. The Balaban J connectivity index is 1.64. The summed E-state index contributed by atoms with van der Waals surface area (Å²) in [5.41, 5.74) is 9.65. The number of hydrogen-bond acceptors (Lipinski definition) is 8. The number of hydrogen-bond donors (Lipinski definition) is 3. The first-order chi connectivity index (χ1) is 16.8. The molecule has 2 aromatic heterocycles. The Morgan fingerprint density at radius 2 is 2.17 bits per heavy atom. The molecular weight excluding hydrogens is 465 g/mol. The summed E-state index contributed by atoms with van der Waals surface area (Å²) < 4.78 is 47.1. The van der Waals surface area contributed by atoms with Crippen molar-refractivity contribution in [3.63, 3.8) is 0 Å². The highest BCUT2D eigenvalue weighted by Gasteiger charge is 2.31. The van der Waals surface area contributed by atoms with E-state index in [4.69, 9.17) is 10.3 Å². The Morgan fingerprint density at radius 3 is 2.83 bits per heavy atom. The molecule has 1 aliphatic heterocycles. The lowest BCUT2D eigenvalue weighted by Gasteiger charge is -2.34. The highest BCUT2D eigenvalue weighted by atomic mass is 19.3. The van der Waals surface area contributed by atoms with Gasteiger partial charge in [-0.05, 0) is 30.2 Å². The van der Waals surface area contributed by atoms with Crippen LogP contribution in [0, 0.1) is 5.53 Å². The molecule has 1 amide bonds. The predicted molar refractivity (Wildman–Crippen MR) is 123 cm³/mol. The van der Waals surface area contributed by atoms with Gasteiger partial charge in [0, 0.05) is 25.2 Å². The number of nitrogens with zero attached hydrogens (tertiary/aromatic N) is 5. The van der Waals surface area contributed by atoms with Gasteiger partial charge in [-0.3, -0.25) is 4.79 Å². The van der Waals surface area contributed by atoms with Gasteiger partial charge in [0.05, 0.1) is 31.9 Å². The number of amides is 1. The largest absolute Gasteiger partial charge is 0.479 e. The number of carbonyl (C=O) groups is 1. The van der Waals surface area contributed by atoms with Gasteiger partial charge in [-0.15, -0.1) is 5.10 Å². The van der Waals surface area contributed by atoms with Crippen molar-refractivity contribution in [3.05, 3.63) is 30.5 Å². The summed E-state index contributed by atoms with van der Waals surface area (Å²) in [6, 6.07) is 6.08. The number of fused-ring (bicyclic) bond motifs is 1. The number of ether oxygens (including phenoxy) is 1. The summed E-state index contributed by atoms with van der Waals surface area (Å²) in [5.74, 6) is 0.237. The Hall–Kier alpha value is -3.90. The van der Waals surface area contributed by atoms with Gasteiger partial charge in [0.15, 0.2) is 0 Å². The number of alkyl halides is 3. The summed E-state index contributed by atoms with van der Waals surface area (Å²) in [5, 5.41) is 13.4. The maximum Gasteiger partial charge on any atom is 0.255 e. The van der Waals surface area contributed by atoms with Crippen LogP contribution in [0.2, 0.25) is 0 Å². The third kappa shape index (κ3) is 5.12. The molecule has 0 bridgehead atoms. The molecule has 35 heavy (non-hydrogen) atoms. The third-order valence-corrected chi connectivity index (χ3v) is 5.85. The highest BCUT2D eigenvalue weighted by molar-refractivity contribution is 5.87. The van der Waals surface area contributed by atoms with Crippen LogP contribution in [0.3, 0.4) is 0 Å². The molecule has 0 radical (unpaired) electrons. The number of methoxy groups -OCH3 is 1. The monoisotopic (exact) mass is 490 g/mol. The molecule has 3 heterocycles. The van der Waals surface area contributed by atoms with Crippen molar-refractivity contribution in [2.75, 3.05) is 37.4 Å². The molecule has 13 heteroatoms. The number of likely N-dealkylation sites (tertiary alicyclic amines) is 1. The van der Waals surface area contributed by atoms with Crippen LogP contribution in [-0.2, 0) is 4.79 Å². The lowest BCUT2D eigenvalue weighted by molar-refractivity contribution is -0.131. The number of halogens is 3. The predicted octanol–water partition coefficient (Wildman–Crippen LogP) is 4.12. The minimum Gasteiger partial charge on any atom is -0.479 e. The van der Waals surface area contributed by atoms with Gasteiger partial charge in [0.25, 0.3) is 6.43 Å². The Morgan fingerprint density at radius 1 is 1.37 bits per heavy atom. The lowest BCUT2D eigenvalue weighted by Crippen LogP contribution is -2.49. The Kier molecular flexibility index (Phi) is 7.03. The van der Waals surface area contributed by atoms with Gasteiger partial charge in [-0.2, -0.15) is 10.1 Å². The second-order valence-electron chi connectivity index (χ2n) is 8.10. The molecule has 3 aromatic rings. The van der Waals surface area contributed by atoms with E-state index in [1.807, 2.05) is 0 Å². The van der Waals surface area contributed by atoms with Crippen LogP contribution in [0.1, 0.15) is 13.3 Å². The van der Waals surface area contributed by atoms with Crippen molar-refractivity contribution in [1.29, 1.82) is 5.53 Å². The van der Waals surface area contributed by atoms with Crippen LogP contribution in [0.4, 0.5) is 30.5 Å². The van der Waals surface area contributed by atoms with Gasteiger partial charge < -0.3 is 20.3 Å². The Bertz CT molecular complexity index is 1230. The first kappa shape index (κ1) is 24.2. The number of anilines is 2. The van der Waals surface area contributed by atoms with E-state index in [0.29, 0.717) is 35.3 Å². The molecule has 10 nitrogen and oxygen atoms in total. The number of benzene rings is 1. The molecule has 0 unspecified atom stereocenters. The maximum atomic E-state index is 14.7. The van der Waals surface area contributed by atoms with E-state index in [1.54, 1.807) is 30.5 Å². The normalized spacial score (nSPS) is 18.1. The second kappa shape index (κ2) is 10.2. The Labute approximate surface area is 199 Å². The lowest BCUT2D eigenvalue weighted by atomic mass is 10.0. The average molecular weight is 490 g/mol. The highest BCUT2D eigenvalue weighted by Crippen LogP contribution is 2.36. The standard InChI is InChI=1S/C22H25F3N8O2/c1-12(34)32-7-6-16(15(23)11-32)28-22-29-21(35-2)20-14(5-8-33(20)31-22)13-3-4-17(30-26)18(9-13)27-10-19(24)25/h3-5,8-9,15-16,19,26-27H,6-7,10-11H2,1-2H3,(H,28,31)/t15-,16+/m0/s1. The smallest absolute Gasteiger partial charge is 0.255 e. The second-order valence-corrected chi connectivity index (χ2v) is 8.10. The molecular formula is C22H25F3N8O2. The van der Waals surface area contributed by atoms with E-state index < -0.39 is 25.2 Å². The fourth-order valence-corrected chi connectivity index (χ4v) is 4.08. The van der Waals surface area contributed by atoms with Gasteiger partial charge in [0.1, 0.15) is 17.4 Å². The first-order valence-electron chi connectivity index (χ1n) is 10.9. The molecule has 1 aliphatic rings. The minimum absolute atomic E-state index is 0.00256. The van der Waals surface area contributed by atoms with E-state index in [0.717, 1.165) is 0 Å². The molecule has 1 saturated heterocycles. The zero-order chi connectivity index (χ0) is 25.1. The molecule has 4 rings (SSSR count). The molecule has 0 spiro atoms. The van der Waals surface area contributed by atoms with Crippen molar-refractivity contribution in [1.82, 2.24) is 19.5 Å². The number of nitrogens with one attached hydrogen (secondary N) is 3. The van der Waals surface area contributed by atoms with Crippen LogP contribution >= 0.6 is 0 Å². The molecule has 0 aliphatic carbocycles. The zero-order valence-electron chi connectivity index (χ0n) is 19.1. The first-order valence-corrected chi connectivity index (χ1v) is 10.9. The summed E-state index contributed by atoms with van der Waals surface area (Å²) in [7, 11) is 1.45. The van der Waals surface area contributed by atoms with E-state index in [9.17, 15) is 18.0 Å². The van der Waals surface area contributed by atoms with Crippen LogP contribution in [0.15, 0.2) is 35.6 Å². The van der Waals surface area contributed by atoms with Crippen molar-refractivity contribution in [2.24, 2.45) is 5.11 Å². The molecule has 0 saturated carbocycles. The maximum absolute atomic E-state index is 14.7. The molecule has 1 fully saturated rings. The third-order valence-electron chi connectivity index (χ3n) is 5.85. The number of aromatic nitrogens is 3. The number of piperidine rings is 1. The quantitative estimate of drug-likeness (QED) is 0.409. The van der Waals surface area contributed by atoms with Gasteiger partial charge in [-0.25, -0.2) is 23.2 Å². The van der Waals surface area contributed by atoms with Crippen molar-refractivity contribution in [2.45, 2.75) is 32.0 Å². The minimum atomic E-state index is -2.56. The van der Waals surface area contributed by atoms with Crippen LogP contribution in [0.25, 0.3) is 16.6 Å². The van der Waals surface area contributed by atoms with Gasteiger partial charge in [-0.1, -0.05) is 6.07 Å². The van der Waals surface area contributed by atoms with Gasteiger partial charge >= 0.3 is 0 Å². The summed E-state index contributed by atoms with van der Waals surface area (Å²) in [4.78, 5) is 17.4. The van der Waals surface area contributed by atoms with Crippen molar-refractivity contribution >= 4 is 28.7 Å². The summed E-state index contributed by atoms with van der Waals surface area (Å²) in [6.07, 6.45) is -1.76. The molecule has 1 aromatic carbocycles. The molecule has 186 valence electrons. The van der Waals surface area contributed by atoms with E-state index in [1.165, 1.54) is 23.4 Å². The van der Waals surface area contributed by atoms with Crippen molar-refractivity contribution < 1.29 is 22.7 Å². The number of carbonyl (C=O) groups excluding carboxylic acids is 1. The molecule has 2 atom stereocenters. The van der Waals surface area contributed by atoms with E-state index in [-0.39, 0.29) is 30.0 Å². The summed E-state index contributed by atoms with van der Waals surface area (Å²) in [6.45, 7) is 1.27. The van der Waals surface area contributed by atoms with Gasteiger partial charge in [0.2, 0.25) is 17.7 Å². The zero-order valence-corrected chi connectivity index (χ0v) is 19.1. The molecule has 3 N–H and O–H groups in total. The SMILES string of the molecule is COc1nc(N[C@@H]2CCN(C(C)=O)C[C@@H]2F)nn2ccc(-c3ccc(N=N)c(NCC(F)F)c3)c12. The van der Waals surface area contributed by atoms with Crippen LogP contribution < -0.4 is 15.4 Å². The van der Waals surface area contributed by atoms with E-state index >= 15 is 0 Å². The topological polar surface area (TPSA) is 120 Å². The summed E-state index contributed by atoms with van der Waals surface area (Å²) >= 11 is 0. The van der Waals surface area contributed by atoms with Crippen molar-refractivity contribution in [3.8, 4) is 17.0 Å². The number of rotatable bonds is 8. The fourth-order valence-electron chi connectivity index (χ4n) is 4.08. The fraction of sp³-hybridized carbons (Fsp3) is 0.409.